The third-order valence-electron chi connectivity index (χ3n) is 4.83. The van der Waals surface area contributed by atoms with Gasteiger partial charge in [-0.1, -0.05) is 36.7 Å². The van der Waals surface area contributed by atoms with Crippen molar-refractivity contribution >= 4 is 24.2 Å². The van der Waals surface area contributed by atoms with Crippen LogP contribution in [0, 0.1) is 0 Å². The van der Waals surface area contributed by atoms with Gasteiger partial charge < -0.3 is 14.3 Å². The molecule has 0 aromatic carbocycles. The van der Waals surface area contributed by atoms with Gasteiger partial charge in [0.15, 0.2) is 8.32 Å². The van der Waals surface area contributed by atoms with E-state index in [9.17, 15) is 9.90 Å². The number of rotatable bonds is 4. The van der Waals surface area contributed by atoms with Crippen molar-refractivity contribution in [3.8, 4) is 0 Å². The molecule has 0 bridgehead atoms. The molecule has 0 amide bonds. The molecule has 1 aliphatic rings. The first-order valence-electron chi connectivity index (χ1n) is 7.87. The van der Waals surface area contributed by atoms with Crippen LogP contribution in [0.15, 0.2) is 27.6 Å². The minimum Gasteiger partial charge on any atom is -0.411 e. The van der Waals surface area contributed by atoms with Gasteiger partial charge in [0.2, 0.25) is 0 Å². The van der Waals surface area contributed by atoms with Gasteiger partial charge in [0.25, 0.3) is 5.56 Å². The predicted octanol–water partition coefficient (Wildman–Crippen LogP) is 3.28. The van der Waals surface area contributed by atoms with Crippen LogP contribution in [0.1, 0.15) is 33.4 Å². The largest absolute Gasteiger partial charge is 0.411 e. The van der Waals surface area contributed by atoms with Gasteiger partial charge in [0, 0.05) is 23.2 Å². The van der Waals surface area contributed by atoms with E-state index in [-0.39, 0.29) is 23.3 Å². The molecule has 0 spiro atoms. The summed E-state index contributed by atoms with van der Waals surface area (Å²) < 4.78 is 14.6. The number of ether oxygens (including phenoxy) is 1. The minimum atomic E-state index is -1.97. The summed E-state index contributed by atoms with van der Waals surface area (Å²) >= 11 is 3.29. The summed E-state index contributed by atoms with van der Waals surface area (Å²) in [5.74, 6) is 0. The van der Waals surface area contributed by atoms with E-state index in [2.05, 4.69) is 49.8 Å². The second-order valence-electron chi connectivity index (χ2n) is 7.55. The Morgan fingerprint density at radius 1 is 1.48 bits per heavy atom. The zero-order chi connectivity index (χ0) is 17.4. The third-order valence-corrected chi connectivity index (χ3v) is 9.83. The maximum Gasteiger partial charge on any atom is 0.253 e. The molecule has 1 fully saturated rings. The third kappa shape index (κ3) is 4.14. The number of pyridine rings is 1. The van der Waals surface area contributed by atoms with Gasteiger partial charge in [-0.3, -0.25) is 9.36 Å². The van der Waals surface area contributed by atoms with Crippen molar-refractivity contribution in [3.05, 3.63) is 33.2 Å². The molecule has 5 nitrogen and oxygen atoms in total. The molecule has 23 heavy (non-hydrogen) atoms. The first-order chi connectivity index (χ1) is 10.5. The van der Waals surface area contributed by atoms with Crippen molar-refractivity contribution in [2.45, 2.75) is 63.8 Å². The molecule has 1 N–H and O–H groups in total. The van der Waals surface area contributed by atoms with Crippen molar-refractivity contribution in [3.63, 3.8) is 0 Å². The summed E-state index contributed by atoms with van der Waals surface area (Å²) in [5.41, 5.74) is -0.131. The second kappa shape index (κ2) is 6.80. The summed E-state index contributed by atoms with van der Waals surface area (Å²) in [4.78, 5) is 12.1. The number of hydrogen-bond donors (Lipinski definition) is 1. The Bertz CT molecular complexity index is 611. The molecule has 1 aromatic heterocycles. The van der Waals surface area contributed by atoms with Crippen LogP contribution in [0.3, 0.4) is 0 Å². The van der Waals surface area contributed by atoms with Crippen LogP contribution in [0.25, 0.3) is 0 Å². The van der Waals surface area contributed by atoms with Crippen molar-refractivity contribution in [2.24, 2.45) is 0 Å². The topological polar surface area (TPSA) is 60.7 Å². The second-order valence-corrected chi connectivity index (χ2v) is 13.2. The Kier molecular flexibility index (Phi) is 5.57. The fourth-order valence-electron chi connectivity index (χ4n) is 2.42. The number of aliphatic hydroxyl groups excluding tert-OH is 1. The van der Waals surface area contributed by atoms with Crippen LogP contribution >= 0.6 is 15.9 Å². The van der Waals surface area contributed by atoms with E-state index < -0.39 is 20.6 Å². The van der Waals surface area contributed by atoms with E-state index in [0.29, 0.717) is 6.42 Å². The summed E-state index contributed by atoms with van der Waals surface area (Å²) in [7, 11) is -1.97. The van der Waals surface area contributed by atoms with Gasteiger partial charge in [-0.05, 0) is 24.2 Å². The highest BCUT2D eigenvalue weighted by atomic mass is 79.9. The Labute approximate surface area is 146 Å². The fraction of sp³-hybridized carbons (Fsp3) is 0.688. The predicted molar refractivity (Wildman–Crippen MR) is 96.1 cm³/mol. The van der Waals surface area contributed by atoms with Gasteiger partial charge >= 0.3 is 0 Å². The highest BCUT2D eigenvalue weighted by Crippen LogP contribution is 2.40. The number of aromatic nitrogens is 1. The maximum atomic E-state index is 12.1. The van der Waals surface area contributed by atoms with Crippen LogP contribution in [-0.4, -0.2) is 36.8 Å². The lowest BCUT2D eigenvalue weighted by molar-refractivity contribution is -0.0434. The molecule has 0 radical (unpaired) electrons. The minimum absolute atomic E-state index is 0.0829. The van der Waals surface area contributed by atoms with Gasteiger partial charge in [0.1, 0.15) is 12.3 Å². The molecule has 1 aromatic rings. The van der Waals surface area contributed by atoms with Crippen molar-refractivity contribution in [1.29, 1.82) is 0 Å². The van der Waals surface area contributed by atoms with E-state index >= 15 is 0 Å². The SMILES string of the molecule is CC(C)(C)[Si](C)(C)O[C@H]1C[C@H](n2ccc(Br)cc2=O)O[C@@H]1CO. The normalized spacial score (nSPS) is 25.8. The monoisotopic (exact) mass is 403 g/mol. The average Bonchev–Trinajstić information content (AvgIpc) is 2.79. The molecule has 1 saturated heterocycles. The Balaban J connectivity index is 2.19. The van der Waals surface area contributed by atoms with Crippen LogP contribution in [0.2, 0.25) is 18.1 Å². The standard InChI is InChI=1S/C16H26BrNO4Si/c1-16(2,3)23(4,5)22-12-9-15(21-13(12)10-19)18-7-6-11(17)8-14(18)20/h6-8,12-13,15,19H,9-10H2,1-5H3/t12-,13+,15+/m0/s1. The zero-order valence-electron chi connectivity index (χ0n) is 14.4. The number of nitrogens with zero attached hydrogens (tertiary/aromatic N) is 1. The van der Waals surface area contributed by atoms with Crippen LogP contribution in [0.5, 0.6) is 0 Å². The molecule has 7 heteroatoms. The number of halogens is 1. The molecule has 1 aliphatic heterocycles. The molecule has 130 valence electrons. The van der Waals surface area contributed by atoms with Crippen molar-refractivity contribution in [2.75, 3.05) is 6.61 Å². The lowest BCUT2D eigenvalue weighted by Crippen LogP contribution is -2.46. The quantitative estimate of drug-likeness (QED) is 0.783. The molecule has 0 unspecified atom stereocenters. The molecule has 0 saturated carbocycles. The summed E-state index contributed by atoms with van der Waals surface area (Å²) in [5, 5.41) is 9.71. The maximum absolute atomic E-state index is 12.1. The van der Waals surface area contributed by atoms with Crippen LogP contribution in [0.4, 0.5) is 0 Å². The molecular weight excluding hydrogens is 378 g/mol. The van der Waals surface area contributed by atoms with Gasteiger partial charge in [-0.25, -0.2) is 0 Å². The van der Waals surface area contributed by atoms with Gasteiger partial charge in [-0.15, -0.1) is 0 Å². The van der Waals surface area contributed by atoms with Crippen molar-refractivity contribution < 1.29 is 14.3 Å². The number of hydrogen-bond acceptors (Lipinski definition) is 4. The van der Waals surface area contributed by atoms with Crippen LogP contribution in [-0.2, 0) is 9.16 Å². The molecule has 2 heterocycles. The number of aliphatic hydroxyl groups is 1. The van der Waals surface area contributed by atoms with E-state index in [0.717, 1.165) is 4.47 Å². The summed E-state index contributed by atoms with van der Waals surface area (Å²) in [6, 6.07) is 3.32. The highest BCUT2D eigenvalue weighted by Gasteiger charge is 2.44. The lowest BCUT2D eigenvalue weighted by atomic mass is 10.2. The molecule has 0 aliphatic carbocycles. The first kappa shape index (κ1) is 18.9. The fourth-order valence-corrected chi connectivity index (χ4v) is 4.09. The van der Waals surface area contributed by atoms with Gasteiger partial charge in [0.05, 0.1) is 12.7 Å². The highest BCUT2D eigenvalue weighted by molar-refractivity contribution is 9.10. The first-order valence-corrected chi connectivity index (χ1v) is 11.6. The van der Waals surface area contributed by atoms with E-state index in [1.165, 1.54) is 6.07 Å². The summed E-state index contributed by atoms with van der Waals surface area (Å²) in [6.45, 7) is 10.8. The van der Waals surface area contributed by atoms with Gasteiger partial charge in [-0.2, -0.15) is 0 Å². The Morgan fingerprint density at radius 3 is 2.65 bits per heavy atom. The zero-order valence-corrected chi connectivity index (χ0v) is 17.0. The van der Waals surface area contributed by atoms with Crippen molar-refractivity contribution in [1.82, 2.24) is 4.57 Å². The average molecular weight is 404 g/mol. The van der Waals surface area contributed by atoms with Crippen LogP contribution < -0.4 is 5.56 Å². The Hall–Kier alpha value is -0.473. The summed E-state index contributed by atoms with van der Waals surface area (Å²) in [6.07, 6.45) is 1.29. The molecule has 2 rings (SSSR count). The lowest BCUT2D eigenvalue weighted by Gasteiger charge is -2.39. The van der Waals surface area contributed by atoms with E-state index in [4.69, 9.17) is 9.16 Å². The smallest absolute Gasteiger partial charge is 0.253 e. The van der Waals surface area contributed by atoms with E-state index in [1.54, 1.807) is 16.8 Å². The molecular formula is C16H26BrNO4Si. The Morgan fingerprint density at radius 2 is 2.13 bits per heavy atom. The van der Waals surface area contributed by atoms with E-state index in [1.807, 2.05) is 0 Å². The molecule has 3 atom stereocenters.